The zero-order valence-electron chi connectivity index (χ0n) is 8.25. The molecule has 0 saturated carbocycles. The van der Waals surface area contributed by atoms with Crippen LogP contribution in [-0.2, 0) is 6.54 Å². The Bertz CT molecular complexity index is 303. The van der Waals surface area contributed by atoms with Crippen LogP contribution in [0.4, 0.5) is 0 Å². The summed E-state index contributed by atoms with van der Waals surface area (Å²) in [6, 6.07) is 0. The number of aromatic nitrogens is 2. The van der Waals surface area contributed by atoms with E-state index >= 15 is 0 Å². The first kappa shape index (κ1) is 10.4. The van der Waals surface area contributed by atoms with E-state index in [1.54, 1.807) is 10.9 Å². The molecule has 0 aliphatic rings. The Kier molecular flexibility index (Phi) is 4.15. The normalized spacial score (nSPS) is 10.6. The van der Waals surface area contributed by atoms with Gasteiger partial charge in [-0.2, -0.15) is 4.37 Å². The molecule has 0 aromatic carbocycles. The van der Waals surface area contributed by atoms with E-state index in [1.807, 2.05) is 0 Å². The second-order valence-electron chi connectivity index (χ2n) is 3.23. The quantitative estimate of drug-likeness (QED) is 0.683. The van der Waals surface area contributed by atoms with Crippen molar-refractivity contribution in [3.8, 4) is 0 Å². The van der Waals surface area contributed by atoms with Gasteiger partial charge in [-0.15, -0.1) is 0 Å². The second-order valence-corrected chi connectivity index (χ2v) is 4.01. The van der Waals surface area contributed by atoms with E-state index < -0.39 is 0 Å². The van der Waals surface area contributed by atoms with E-state index in [-0.39, 0.29) is 5.56 Å². The van der Waals surface area contributed by atoms with Crippen LogP contribution in [-0.4, -0.2) is 8.33 Å². The molecule has 74 valence electrons. The summed E-state index contributed by atoms with van der Waals surface area (Å²) in [5.41, 5.74) is 0.710. The fraction of sp³-hybridized carbons (Fsp3) is 0.778. The number of hydrogen-bond donors (Lipinski definition) is 0. The van der Waals surface area contributed by atoms with Crippen molar-refractivity contribution in [3.63, 3.8) is 0 Å². The molecule has 0 bridgehead atoms. The van der Waals surface area contributed by atoms with E-state index in [0.29, 0.717) is 5.69 Å². The highest BCUT2D eigenvalue weighted by atomic mass is 32.1. The summed E-state index contributed by atoms with van der Waals surface area (Å²) in [6.07, 6.45) is 4.79. The minimum absolute atomic E-state index is 0.0847. The molecule has 0 aliphatic carbocycles. The van der Waals surface area contributed by atoms with Gasteiger partial charge in [0.25, 0.3) is 5.56 Å². The maximum absolute atomic E-state index is 11.3. The summed E-state index contributed by atoms with van der Waals surface area (Å²) in [5.74, 6) is 0. The van der Waals surface area contributed by atoms with Crippen molar-refractivity contribution in [1.82, 2.24) is 8.33 Å². The molecule has 0 atom stereocenters. The van der Waals surface area contributed by atoms with Gasteiger partial charge in [0.1, 0.15) is 5.69 Å². The van der Waals surface area contributed by atoms with Crippen molar-refractivity contribution in [3.05, 3.63) is 16.0 Å². The van der Waals surface area contributed by atoms with Crippen LogP contribution >= 0.6 is 11.7 Å². The second kappa shape index (κ2) is 5.17. The van der Waals surface area contributed by atoms with Gasteiger partial charge >= 0.3 is 0 Å². The predicted octanol–water partition coefficient (Wildman–Crippen LogP) is 2.19. The lowest BCUT2D eigenvalue weighted by Gasteiger charge is -1.98. The summed E-state index contributed by atoms with van der Waals surface area (Å²) >= 11 is 1.29. The molecule has 4 heteroatoms. The molecule has 1 rings (SSSR count). The third-order valence-electron chi connectivity index (χ3n) is 2.03. The summed E-state index contributed by atoms with van der Waals surface area (Å²) in [4.78, 5) is 11.3. The maximum atomic E-state index is 11.3. The molecule has 13 heavy (non-hydrogen) atoms. The van der Waals surface area contributed by atoms with Crippen LogP contribution in [0.3, 0.4) is 0 Å². The standard InChI is InChI=1S/C9H16N2OS/c1-3-4-5-6-7-11-9(12)8(2)10-13-11/h3-7H2,1-2H3. The van der Waals surface area contributed by atoms with Gasteiger partial charge in [-0.3, -0.25) is 4.79 Å². The van der Waals surface area contributed by atoms with Gasteiger partial charge in [-0.1, -0.05) is 26.2 Å². The molecule has 0 spiro atoms. The Labute approximate surface area is 82.7 Å². The smallest absolute Gasteiger partial charge is 0.266 e. The van der Waals surface area contributed by atoms with Crippen molar-refractivity contribution in [1.29, 1.82) is 0 Å². The molecule has 0 unspecified atom stereocenters. The van der Waals surface area contributed by atoms with E-state index in [1.165, 1.54) is 31.0 Å². The van der Waals surface area contributed by atoms with Crippen LogP contribution in [0.25, 0.3) is 0 Å². The number of unbranched alkanes of at least 4 members (excludes halogenated alkanes) is 3. The summed E-state index contributed by atoms with van der Waals surface area (Å²) in [7, 11) is 0. The van der Waals surface area contributed by atoms with E-state index in [4.69, 9.17) is 0 Å². The molecule has 0 fully saturated rings. The summed E-state index contributed by atoms with van der Waals surface area (Å²) in [6.45, 7) is 4.79. The summed E-state index contributed by atoms with van der Waals surface area (Å²) < 4.78 is 5.75. The highest BCUT2D eigenvalue weighted by Crippen LogP contribution is 2.02. The average molecular weight is 200 g/mol. The number of aryl methyl sites for hydroxylation is 2. The van der Waals surface area contributed by atoms with Gasteiger partial charge in [-0.05, 0) is 13.3 Å². The van der Waals surface area contributed by atoms with Crippen LogP contribution in [0, 0.1) is 6.92 Å². The monoisotopic (exact) mass is 200 g/mol. The van der Waals surface area contributed by atoms with Crippen molar-refractivity contribution in [2.24, 2.45) is 0 Å². The Morgan fingerprint density at radius 1 is 1.38 bits per heavy atom. The van der Waals surface area contributed by atoms with E-state index in [9.17, 15) is 4.79 Å². The molecule has 1 aromatic rings. The lowest BCUT2D eigenvalue weighted by molar-refractivity contribution is 0.598. The molecule has 0 N–H and O–H groups in total. The average Bonchev–Trinajstić information content (AvgIpc) is 2.43. The Morgan fingerprint density at radius 2 is 2.15 bits per heavy atom. The number of hydrogen-bond acceptors (Lipinski definition) is 3. The Balaban J connectivity index is 2.37. The van der Waals surface area contributed by atoms with Crippen LogP contribution in [0.15, 0.2) is 4.79 Å². The third-order valence-corrected chi connectivity index (χ3v) is 2.93. The minimum atomic E-state index is 0.0847. The highest BCUT2D eigenvalue weighted by Gasteiger charge is 2.02. The van der Waals surface area contributed by atoms with E-state index in [0.717, 1.165) is 13.0 Å². The van der Waals surface area contributed by atoms with Gasteiger partial charge in [0.15, 0.2) is 0 Å². The topological polar surface area (TPSA) is 34.9 Å². The maximum Gasteiger partial charge on any atom is 0.283 e. The predicted molar refractivity (Wildman–Crippen MR) is 55.3 cm³/mol. The molecule has 1 aromatic heterocycles. The van der Waals surface area contributed by atoms with Gasteiger partial charge in [0.05, 0.1) is 0 Å². The van der Waals surface area contributed by atoms with E-state index in [2.05, 4.69) is 11.3 Å². The number of nitrogens with zero attached hydrogens (tertiary/aromatic N) is 2. The fourth-order valence-corrected chi connectivity index (χ4v) is 1.91. The van der Waals surface area contributed by atoms with Crippen LogP contribution in [0.5, 0.6) is 0 Å². The third kappa shape index (κ3) is 2.95. The molecule has 0 saturated heterocycles. The van der Waals surface area contributed by atoms with Crippen molar-refractivity contribution in [2.75, 3.05) is 0 Å². The summed E-state index contributed by atoms with van der Waals surface area (Å²) in [5, 5.41) is 0. The minimum Gasteiger partial charge on any atom is -0.266 e. The van der Waals surface area contributed by atoms with Crippen LogP contribution in [0.2, 0.25) is 0 Å². The molecule has 1 heterocycles. The Morgan fingerprint density at radius 3 is 2.69 bits per heavy atom. The Hall–Kier alpha value is -0.640. The molecule has 3 nitrogen and oxygen atoms in total. The first-order valence-electron chi connectivity index (χ1n) is 4.79. The van der Waals surface area contributed by atoms with Gasteiger partial charge in [-0.25, -0.2) is 3.96 Å². The zero-order chi connectivity index (χ0) is 9.68. The molecule has 0 aliphatic heterocycles. The van der Waals surface area contributed by atoms with Gasteiger partial charge in [0, 0.05) is 18.3 Å². The zero-order valence-corrected chi connectivity index (χ0v) is 9.06. The number of rotatable bonds is 5. The van der Waals surface area contributed by atoms with Crippen molar-refractivity contribution in [2.45, 2.75) is 46.1 Å². The van der Waals surface area contributed by atoms with Crippen molar-refractivity contribution < 1.29 is 0 Å². The largest absolute Gasteiger partial charge is 0.283 e. The first-order chi connectivity index (χ1) is 6.25. The molecule has 0 radical (unpaired) electrons. The van der Waals surface area contributed by atoms with Crippen molar-refractivity contribution >= 4 is 11.7 Å². The first-order valence-corrected chi connectivity index (χ1v) is 5.52. The molecular weight excluding hydrogens is 184 g/mol. The van der Waals surface area contributed by atoms with Gasteiger partial charge in [0.2, 0.25) is 0 Å². The fourth-order valence-electron chi connectivity index (χ4n) is 1.19. The lowest BCUT2D eigenvalue weighted by Crippen LogP contribution is -2.14. The lowest BCUT2D eigenvalue weighted by atomic mass is 10.2. The van der Waals surface area contributed by atoms with Crippen LogP contribution < -0.4 is 5.56 Å². The SMILES string of the molecule is CCCCCCn1snc(C)c1=O. The molecular formula is C9H16N2OS. The highest BCUT2D eigenvalue weighted by molar-refractivity contribution is 6.99. The van der Waals surface area contributed by atoms with Crippen LogP contribution in [0.1, 0.15) is 38.3 Å². The van der Waals surface area contributed by atoms with Gasteiger partial charge < -0.3 is 0 Å². The molecule has 0 amide bonds.